The number of imide groups is 1. The molecular weight excluding hydrogens is 408 g/mol. The van der Waals surface area contributed by atoms with Crippen LogP contribution in [0.25, 0.3) is 0 Å². The second kappa shape index (κ2) is 6.60. The third-order valence-electron chi connectivity index (χ3n) is 5.54. The molecule has 1 saturated carbocycles. The van der Waals surface area contributed by atoms with Gasteiger partial charge < -0.3 is 5.32 Å². The Morgan fingerprint density at radius 3 is 2.22 bits per heavy atom. The van der Waals surface area contributed by atoms with Crippen molar-refractivity contribution < 1.29 is 14.4 Å². The number of nitrogens with one attached hydrogen (secondary N) is 1. The maximum absolute atomic E-state index is 13.0. The first-order valence-electron chi connectivity index (χ1n) is 8.98. The lowest BCUT2D eigenvalue weighted by Gasteiger charge is -2.44. The molecule has 2 aromatic rings. The zero-order valence-electron chi connectivity index (χ0n) is 14.9. The van der Waals surface area contributed by atoms with Gasteiger partial charge in [-0.2, -0.15) is 0 Å². The molecule has 1 atom stereocenters. The third kappa shape index (κ3) is 2.88. The van der Waals surface area contributed by atoms with Crippen LogP contribution < -0.4 is 5.32 Å². The summed E-state index contributed by atoms with van der Waals surface area (Å²) < 4.78 is 0.953. The van der Waals surface area contributed by atoms with E-state index < -0.39 is 23.4 Å². The Balaban J connectivity index is 1.57. The van der Waals surface area contributed by atoms with Crippen LogP contribution in [-0.4, -0.2) is 28.7 Å². The summed E-state index contributed by atoms with van der Waals surface area (Å²) >= 11 is 3.48. The summed E-state index contributed by atoms with van der Waals surface area (Å²) in [5.41, 5.74) is 1.30. The van der Waals surface area contributed by atoms with Crippen LogP contribution in [0.1, 0.15) is 52.5 Å². The number of carbonyl (C=O) groups excluding carboxylic acids is 3. The fraction of sp³-hybridized carbons (Fsp3) is 0.286. The molecule has 2 aliphatic rings. The van der Waals surface area contributed by atoms with E-state index in [1.165, 1.54) is 0 Å². The van der Waals surface area contributed by atoms with Crippen LogP contribution in [0.3, 0.4) is 0 Å². The molecule has 0 bridgehead atoms. The smallest absolute Gasteiger partial charge is 0.262 e. The zero-order chi connectivity index (χ0) is 19.2. The highest BCUT2D eigenvalue weighted by atomic mass is 79.9. The Labute approximate surface area is 165 Å². The highest BCUT2D eigenvalue weighted by molar-refractivity contribution is 9.10. The summed E-state index contributed by atoms with van der Waals surface area (Å²) in [6, 6.07) is 13.7. The molecule has 138 valence electrons. The van der Waals surface area contributed by atoms with E-state index in [-0.39, 0.29) is 5.91 Å². The predicted molar refractivity (Wildman–Crippen MR) is 104 cm³/mol. The maximum atomic E-state index is 13.0. The van der Waals surface area contributed by atoms with Gasteiger partial charge in [0.15, 0.2) is 0 Å². The Hall–Kier alpha value is -2.47. The van der Waals surface area contributed by atoms with E-state index in [0.29, 0.717) is 11.1 Å². The lowest BCUT2D eigenvalue weighted by molar-refractivity contribution is -0.127. The summed E-state index contributed by atoms with van der Waals surface area (Å²) in [4.78, 5) is 39.3. The molecule has 0 aromatic heterocycles. The number of hydrogen-bond acceptors (Lipinski definition) is 3. The van der Waals surface area contributed by atoms with Gasteiger partial charge in [-0.3, -0.25) is 19.3 Å². The fourth-order valence-corrected chi connectivity index (χ4v) is 4.22. The molecule has 0 saturated heterocycles. The molecule has 1 heterocycles. The summed E-state index contributed by atoms with van der Waals surface area (Å²) in [6.45, 7) is 1.60. The standard InChI is InChI=1S/C21H19BrN2O3/c1-13(24-19(26)16-8-2-3-9-17(16)20(24)27)18(25)23-21(10-5-11-21)14-6-4-7-15(22)12-14/h2-4,6-9,12-13H,5,10-11H2,1H3,(H,23,25). The van der Waals surface area contributed by atoms with Gasteiger partial charge >= 0.3 is 0 Å². The van der Waals surface area contributed by atoms with E-state index in [0.717, 1.165) is 34.2 Å². The zero-order valence-corrected chi connectivity index (χ0v) is 16.5. The molecule has 2 aromatic carbocycles. The average molecular weight is 427 g/mol. The summed E-state index contributed by atoms with van der Waals surface area (Å²) in [5, 5.41) is 3.11. The molecule has 0 radical (unpaired) electrons. The van der Waals surface area contributed by atoms with Gasteiger partial charge in [-0.25, -0.2) is 0 Å². The van der Waals surface area contributed by atoms with Crippen molar-refractivity contribution in [3.8, 4) is 0 Å². The van der Waals surface area contributed by atoms with Gasteiger partial charge in [-0.1, -0.05) is 40.2 Å². The minimum absolute atomic E-state index is 0.316. The molecule has 1 N–H and O–H groups in total. The Bertz CT molecular complexity index is 917. The molecule has 1 aliphatic carbocycles. The van der Waals surface area contributed by atoms with Crippen LogP contribution >= 0.6 is 15.9 Å². The van der Waals surface area contributed by atoms with E-state index in [9.17, 15) is 14.4 Å². The topological polar surface area (TPSA) is 66.5 Å². The van der Waals surface area contributed by atoms with E-state index >= 15 is 0 Å². The van der Waals surface area contributed by atoms with Crippen molar-refractivity contribution in [2.24, 2.45) is 0 Å². The highest BCUT2D eigenvalue weighted by Crippen LogP contribution is 2.42. The van der Waals surface area contributed by atoms with Gasteiger partial charge in [-0.15, -0.1) is 0 Å². The van der Waals surface area contributed by atoms with Crippen LogP contribution in [0.2, 0.25) is 0 Å². The Kier molecular flexibility index (Phi) is 4.38. The molecule has 4 rings (SSSR count). The molecule has 27 heavy (non-hydrogen) atoms. The lowest BCUT2D eigenvalue weighted by atomic mass is 9.71. The molecule has 0 spiro atoms. The second-order valence-electron chi connectivity index (χ2n) is 7.14. The summed E-state index contributed by atoms with van der Waals surface area (Å²) in [5.74, 6) is -1.14. The first kappa shape index (κ1) is 17.9. The van der Waals surface area contributed by atoms with Crippen LogP contribution in [0.15, 0.2) is 53.0 Å². The fourth-order valence-electron chi connectivity index (χ4n) is 3.82. The number of carbonyl (C=O) groups is 3. The third-order valence-corrected chi connectivity index (χ3v) is 6.03. The van der Waals surface area contributed by atoms with Crippen molar-refractivity contribution in [1.29, 1.82) is 0 Å². The van der Waals surface area contributed by atoms with Gasteiger partial charge in [0, 0.05) is 4.47 Å². The van der Waals surface area contributed by atoms with Crippen LogP contribution in [0, 0.1) is 0 Å². The van der Waals surface area contributed by atoms with Crippen molar-refractivity contribution in [3.63, 3.8) is 0 Å². The van der Waals surface area contributed by atoms with Crippen LogP contribution in [0.5, 0.6) is 0 Å². The molecule has 5 nitrogen and oxygen atoms in total. The van der Waals surface area contributed by atoms with Gasteiger partial charge in [0.2, 0.25) is 5.91 Å². The number of amides is 3. The molecule has 1 unspecified atom stereocenters. The van der Waals surface area contributed by atoms with Crippen molar-refractivity contribution in [3.05, 3.63) is 69.7 Å². The number of halogens is 1. The van der Waals surface area contributed by atoms with Crippen molar-refractivity contribution >= 4 is 33.7 Å². The van der Waals surface area contributed by atoms with Crippen molar-refractivity contribution in [1.82, 2.24) is 10.2 Å². The highest BCUT2D eigenvalue weighted by Gasteiger charge is 2.45. The van der Waals surface area contributed by atoms with E-state index in [1.807, 2.05) is 24.3 Å². The number of hydrogen-bond donors (Lipinski definition) is 1. The van der Waals surface area contributed by atoms with Gasteiger partial charge in [-0.05, 0) is 56.0 Å². The average Bonchev–Trinajstić information content (AvgIpc) is 2.88. The minimum atomic E-state index is -0.873. The molecule has 1 fully saturated rings. The van der Waals surface area contributed by atoms with Crippen molar-refractivity contribution in [2.45, 2.75) is 37.8 Å². The maximum Gasteiger partial charge on any atom is 0.262 e. The summed E-state index contributed by atoms with van der Waals surface area (Å²) in [6.07, 6.45) is 2.70. The SMILES string of the molecule is CC(C(=O)NC1(c2cccc(Br)c2)CCC1)N1C(=O)c2ccccc2C1=O. The van der Waals surface area contributed by atoms with Gasteiger partial charge in [0.05, 0.1) is 16.7 Å². The monoisotopic (exact) mass is 426 g/mol. The molecular formula is C21H19BrN2O3. The van der Waals surface area contributed by atoms with E-state index in [4.69, 9.17) is 0 Å². The number of benzene rings is 2. The number of nitrogens with zero attached hydrogens (tertiary/aromatic N) is 1. The minimum Gasteiger partial charge on any atom is -0.345 e. The number of rotatable bonds is 4. The quantitative estimate of drug-likeness (QED) is 0.758. The van der Waals surface area contributed by atoms with Gasteiger partial charge in [0.25, 0.3) is 11.8 Å². The van der Waals surface area contributed by atoms with Crippen LogP contribution in [-0.2, 0) is 10.3 Å². The Morgan fingerprint density at radius 1 is 1.07 bits per heavy atom. The first-order chi connectivity index (χ1) is 12.9. The van der Waals surface area contributed by atoms with E-state index in [1.54, 1.807) is 31.2 Å². The molecule has 6 heteroatoms. The van der Waals surface area contributed by atoms with Gasteiger partial charge in [0.1, 0.15) is 6.04 Å². The first-order valence-corrected chi connectivity index (χ1v) is 9.77. The summed E-state index contributed by atoms with van der Waals surface area (Å²) in [7, 11) is 0. The largest absolute Gasteiger partial charge is 0.345 e. The van der Waals surface area contributed by atoms with Crippen molar-refractivity contribution in [2.75, 3.05) is 0 Å². The van der Waals surface area contributed by atoms with E-state index in [2.05, 4.69) is 21.2 Å². The number of fused-ring (bicyclic) bond motifs is 1. The Morgan fingerprint density at radius 2 is 1.70 bits per heavy atom. The van der Waals surface area contributed by atoms with Crippen LogP contribution in [0.4, 0.5) is 0 Å². The normalized spacial score (nSPS) is 18.7. The second-order valence-corrected chi connectivity index (χ2v) is 8.05. The predicted octanol–water partition coefficient (Wildman–Crippen LogP) is 3.63. The lowest BCUT2D eigenvalue weighted by Crippen LogP contribution is -2.57. The molecule has 3 amide bonds. The molecule has 1 aliphatic heterocycles.